The van der Waals surface area contributed by atoms with E-state index in [1.165, 1.54) is 44.3 Å². The van der Waals surface area contributed by atoms with E-state index in [9.17, 15) is 25.0 Å². The van der Waals surface area contributed by atoms with Crippen LogP contribution in [0.5, 0.6) is 0 Å². The van der Waals surface area contributed by atoms with Gasteiger partial charge in [0.1, 0.15) is 0 Å². The molecule has 0 saturated carbocycles. The van der Waals surface area contributed by atoms with E-state index in [1.807, 2.05) is 12.2 Å². The Kier molecular flexibility index (Phi) is 15.7. The van der Waals surface area contributed by atoms with Gasteiger partial charge in [0.25, 0.3) is 0 Å². The van der Waals surface area contributed by atoms with Gasteiger partial charge in [-0.15, -0.1) is 0 Å². The number of unbranched alkanes of at least 4 members (excludes halogenated alkanes) is 7. The van der Waals surface area contributed by atoms with E-state index >= 15 is 0 Å². The molecule has 0 heterocycles. The summed E-state index contributed by atoms with van der Waals surface area (Å²) in [6, 6.07) is 0. The molecule has 0 rings (SSSR count). The molecule has 0 spiro atoms. The molecular weight excluding hydrogens is 348 g/mol. The third-order valence-electron chi connectivity index (χ3n) is 4.11. The maximum atomic E-state index is 11.1. The van der Waals surface area contributed by atoms with Gasteiger partial charge in [0.05, 0.1) is 16.3 Å². The molecule has 0 N–H and O–H groups in total. The highest BCUT2D eigenvalue weighted by atomic mass is 16.6. The minimum Gasteiger partial charge on any atom is -0.291 e. The quantitative estimate of drug-likeness (QED) is 0.140. The number of allylic oxidation sites excluding steroid dienone is 5. The maximum absolute atomic E-state index is 11.1. The van der Waals surface area contributed by atoms with Crippen LogP contribution in [0.25, 0.3) is 0 Å². The molecule has 7 nitrogen and oxygen atoms in total. The van der Waals surface area contributed by atoms with Gasteiger partial charge in [-0.1, -0.05) is 51.2 Å². The fraction of sp³-hybridized carbons (Fsp3) is 0.650. The molecule has 1 radical (unpaired) electrons. The second-order valence-corrected chi connectivity index (χ2v) is 6.37. The van der Waals surface area contributed by atoms with Gasteiger partial charge < -0.3 is 0 Å². The van der Waals surface area contributed by atoms with Crippen LogP contribution in [0.3, 0.4) is 0 Å². The van der Waals surface area contributed by atoms with Crippen LogP contribution in [0.4, 0.5) is 0 Å². The molecule has 0 atom stereocenters. The number of carbonyl (C=O) groups excluding carboxylic acids is 1. The molecule has 0 aromatic carbocycles. The monoisotopic (exact) mass is 379 g/mol. The van der Waals surface area contributed by atoms with E-state index in [0.29, 0.717) is 12.8 Å². The van der Waals surface area contributed by atoms with Crippen LogP contribution in [0, 0.1) is 20.2 Å². The van der Waals surface area contributed by atoms with Crippen LogP contribution in [0.1, 0.15) is 84.0 Å². The molecule has 0 aromatic rings. The Morgan fingerprint density at radius 2 is 1.56 bits per heavy atom. The second-order valence-electron chi connectivity index (χ2n) is 6.37. The zero-order chi connectivity index (χ0) is 20.3. The van der Waals surface area contributed by atoms with E-state index in [4.69, 9.17) is 0 Å². The van der Waals surface area contributed by atoms with Gasteiger partial charge in [-0.2, -0.15) is 0 Å². The predicted molar refractivity (Wildman–Crippen MR) is 106 cm³/mol. The first-order chi connectivity index (χ1) is 13.0. The highest BCUT2D eigenvalue weighted by molar-refractivity contribution is 5.50. The van der Waals surface area contributed by atoms with Crippen molar-refractivity contribution in [2.75, 3.05) is 0 Å². The van der Waals surface area contributed by atoms with E-state index < -0.39 is 9.85 Å². The Hall–Kier alpha value is -2.31. The summed E-state index contributed by atoms with van der Waals surface area (Å²) in [5.74, 6) is 0. The molecule has 0 aromatic heterocycles. The van der Waals surface area contributed by atoms with E-state index in [1.54, 1.807) is 6.29 Å². The Bertz CT molecular complexity index is 538. The third kappa shape index (κ3) is 14.5. The van der Waals surface area contributed by atoms with Gasteiger partial charge in [0.2, 0.25) is 11.4 Å². The van der Waals surface area contributed by atoms with Crippen LogP contribution >= 0.6 is 0 Å². The van der Waals surface area contributed by atoms with Gasteiger partial charge in [0.15, 0.2) is 6.29 Å². The van der Waals surface area contributed by atoms with Crippen LogP contribution < -0.4 is 0 Å². The van der Waals surface area contributed by atoms with E-state index in [2.05, 4.69) is 6.92 Å². The topological polar surface area (TPSA) is 103 Å². The molecule has 0 aliphatic carbocycles. The van der Waals surface area contributed by atoms with Crippen molar-refractivity contribution < 1.29 is 14.6 Å². The van der Waals surface area contributed by atoms with Crippen molar-refractivity contribution in [3.8, 4) is 0 Å². The van der Waals surface area contributed by atoms with E-state index in [-0.39, 0.29) is 30.7 Å². The van der Waals surface area contributed by atoms with Gasteiger partial charge in [-0.25, -0.2) is 0 Å². The maximum Gasteiger partial charge on any atom is 0.246 e. The molecular formula is C20H31N2O5. The first-order valence-electron chi connectivity index (χ1n) is 9.69. The third-order valence-corrected chi connectivity index (χ3v) is 4.11. The Labute approximate surface area is 161 Å². The molecule has 0 aliphatic rings. The summed E-state index contributed by atoms with van der Waals surface area (Å²) in [7, 11) is 0. The summed E-state index contributed by atoms with van der Waals surface area (Å²) < 4.78 is 0. The van der Waals surface area contributed by atoms with Gasteiger partial charge in [-0.3, -0.25) is 25.0 Å². The van der Waals surface area contributed by atoms with Crippen molar-refractivity contribution in [3.63, 3.8) is 0 Å². The standard InChI is InChI=1S/C20H31N2O5/c1-2-3-4-5-6-7-8-9-10-11-14-19(21(24)25)16-17-20(22(26)27)15-12-13-18-23/h9-10,14,17H,2-8,11-13,15-16H2,1H3/b10-9-,19-14+,20-17+. The minimum absolute atomic E-state index is 0.0551. The Balaban J connectivity index is 4.38. The Morgan fingerprint density at radius 1 is 0.889 bits per heavy atom. The molecule has 0 saturated heterocycles. The number of nitro groups is 2. The van der Waals surface area contributed by atoms with Gasteiger partial charge in [-0.05, 0) is 37.8 Å². The number of hydrogen-bond acceptors (Lipinski definition) is 5. The zero-order valence-corrected chi connectivity index (χ0v) is 16.2. The molecule has 151 valence electrons. The lowest BCUT2D eigenvalue weighted by Crippen LogP contribution is -2.02. The van der Waals surface area contributed by atoms with Crippen molar-refractivity contribution in [1.82, 2.24) is 0 Å². The summed E-state index contributed by atoms with van der Waals surface area (Å²) in [4.78, 5) is 31.2. The lowest BCUT2D eigenvalue weighted by Gasteiger charge is -1.98. The summed E-state index contributed by atoms with van der Waals surface area (Å²) in [6.07, 6.45) is 17.6. The van der Waals surface area contributed by atoms with Crippen LogP contribution in [0.2, 0.25) is 0 Å². The van der Waals surface area contributed by atoms with Crippen LogP contribution in [-0.2, 0) is 4.79 Å². The number of rotatable bonds is 17. The smallest absolute Gasteiger partial charge is 0.246 e. The number of nitrogens with zero attached hydrogens (tertiary/aromatic N) is 2. The highest BCUT2D eigenvalue weighted by Gasteiger charge is 2.14. The fourth-order valence-electron chi connectivity index (χ4n) is 2.53. The van der Waals surface area contributed by atoms with Crippen LogP contribution in [0.15, 0.2) is 35.7 Å². The molecule has 0 unspecified atom stereocenters. The zero-order valence-electron chi connectivity index (χ0n) is 16.2. The summed E-state index contributed by atoms with van der Waals surface area (Å²) in [5.41, 5.74) is -0.155. The van der Waals surface area contributed by atoms with Crippen LogP contribution in [-0.4, -0.2) is 16.1 Å². The van der Waals surface area contributed by atoms with Crippen molar-refractivity contribution in [1.29, 1.82) is 0 Å². The average Bonchev–Trinajstić information content (AvgIpc) is 2.63. The molecule has 0 amide bonds. The minimum atomic E-state index is -0.553. The molecule has 7 heteroatoms. The molecule has 0 bridgehead atoms. The van der Waals surface area contributed by atoms with E-state index in [0.717, 1.165) is 12.8 Å². The number of hydrogen-bond donors (Lipinski definition) is 0. The lowest BCUT2D eigenvalue weighted by atomic mass is 10.1. The highest BCUT2D eigenvalue weighted by Crippen LogP contribution is 2.13. The molecule has 0 aliphatic heterocycles. The van der Waals surface area contributed by atoms with Crippen molar-refractivity contribution in [2.24, 2.45) is 0 Å². The summed E-state index contributed by atoms with van der Waals surface area (Å²) in [6.45, 7) is 2.19. The predicted octanol–water partition coefficient (Wildman–Crippen LogP) is 5.67. The van der Waals surface area contributed by atoms with Crippen molar-refractivity contribution in [3.05, 3.63) is 55.9 Å². The molecule has 0 fully saturated rings. The average molecular weight is 379 g/mol. The van der Waals surface area contributed by atoms with Crippen molar-refractivity contribution in [2.45, 2.75) is 84.0 Å². The SMILES string of the molecule is CCCCCCCC/C=C\C/C=C(\C/C=C(\CCC[C]=O)[N+](=O)[O-])[N+](=O)[O-]. The summed E-state index contributed by atoms with van der Waals surface area (Å²) in [5, 5.41) is 22.1. The fourth-order valence-corrected chi connectivity index (χ4v) is 2.53. The first-order valence-corrected chi connectivity index (χ1v) is 9.69. The molecule has 27 heavy (non-hydrogen) atoms. The lowest BCUT2D eigenvalue weighted by molar-refractivity contribution is -0.432. The normalized spacial score (nSPS) is 12.5. The second kappa shape index (κ2) is 17.1. The Morgan fingerprint density at radius 3 is 2.19 bits per heavy atom. The van der Waals surface area contributed by atoms with Gasteiger partial charge >= 0.3 is 0 Å². The van der Waals surface area contributed by atoms with Gasteiger partial charge in [0, 0.05) is 12.8 Å². The van der Waals surface area contributed by atoms with Crippen molar-refractivity contribution >= 4 is 6.29 Å². The first kappa shape index (κ1) is 24.7. The largest absolute Gasteiger partial charge is 0.291 e. The summed E-state index contributed by atoms with van der Waals surface area (Å²) >= 11 is 0.